The highest BCUT2D eigenvalue weighted by Gasteiger charge is 2.58. The van der Waals surface area contributed by atoms with E-state index in [1.807, 2.05) is 133 Å². The smallest absolute Gasteiger partial charge is 0.320 e. The Morgan fingerprint density at radius 1 is 0.814 bits per heavy atom. The normalized spacial score (nSPS) is 23.3. The van der Waals surface area contributed by atoms with Crippen LogP contribution in [0.15, 0.2) is 121 Å². The first-order chi connectivity index (χ1) is 21.0. The Morgan fingerprint density at radius 3 is 1.95 bits per heavy atom. The van der Waals surface area contributed by atoms with Crippen LogP contribution in [-0.2, 0) is 49.4 Å². The molecule has 0 unspecified atom stereocenters. The number of rotatable bonds is 10. The van der Waals surface area contributed by atoms with E-state index in [0.717, 1.165) is 22.3 Å². The molecule has 7 nitrogen and oxygen atoms in total. The summed E-state index contributed by atoms with van der Waals surface area (Å²) in [5.41, 5.74) is 2.73. The zero-order chi connectivity index (χ0) is 29.6. The average molecular weight is 577 g/mol. The van der Waals surface area contributed by atoms with Gasteiger partial charge in [-0.15, -0.1) is 0 Å². The zero-order valence-electron chi connectivity index (χ0n) is 24.3. The number of nitrogens with zero attached hydrogens (tertiary/aromatic N) is 2. The maximum Gasteiger partial charge on any atom is 0.320 e. The maximum absolute atomic E-state index is 14.6. The van der Waals surface area contributed by atoms with Crippen LogP contribution in [0.1, 0.15) is 35.6 Å². The van der Waals surface area contributed by atoms with Crippen molar-refractivity contribution >= 4 is 11.9 Å². The van der Waals surface area contributed by atoms with Gasteiger partial charge in [0.2, 0.25) is 5.91 Å². The maximum atomic E-state index is 14.6. The number of amides is 1. The molecule has 0 aromatic heterocycles. The van der Waals surface area contributed by atoms with Gasteiger partial charge in [0.15, 0.2) is 11.6 Å². The Bertz CT molecular complexity index is 1500. The molecular formula is C36H36N2O5. The van der Waals surface area contributed by atoms with Gasteiger partial charge in [-0.1, -0.05) is 121 Å². The van der Waals surface area contributed by atoms with Crippen molar-refractivity contribution in [2.45, 2.75) is 50.9 Å². The lowest BCUT2D eigenvalue weighted by Crippen LogP contribution is -2.62. The zero-order valence-corrected chi connectivity index (χ0v) is 24.3. The Hall–Kier alpha value is -4.30. The summed E-state index contributed by atoms with van der Waals surface area (Å²) in [5.74, 6) is -1.99. The molecular weight excluding hydrogens is 540 g/mol. The first kappa shape index (κ1) is 28.8. The Kier molecular flexibility index (Phi) is 8.65. The largest absolute Gasteiger partial charge is 0.460 e. The lowest BCUT2D eigenvalue weighted by Gasteiger charge is -2.46. The van der Waals surface area contributed by atoms with E-state index >= 15 is 0 Å². The lowest BCUT2D eigenvalue weighted by atomic mass is 9.85. The van der Waals surface area contributed by atoms with Crippen molar-refractivity contribution in [2.24, 2.45) is 5.92 Å². The second kappa shape index (κ2) is 12.9. The Morgan fingerprint density at radius 2 is 1.35 bits per heavy atom. The van der Waals surface area contributed by atoms with E-state index in [4.69, 9.17) is 14.3 Å². The molecule has 2 aliphatic heterocycles. The molecule has 0 N–H and O–H groups in total. The summed E-state index contributed by atoms with van der Waals surface area (Å²) >= 11 is 0. The summed E-state index contributed by atoms with van der Waals surface area (Å²) in [6, 6.07) is 38.2. The molecule has 4 aromatic rings. The molecule has 2 heterocycles. The summed E-state index contributed by atoms with van der Waals surface area (Å²) < 4.78 is 12.2. The third kappa shape index (κ3) is 6.25. The Labute approximate surface area is 252 Å². The highest BCUT2D eigenvalue weighted by atomic mass is 16.7. The molecule has 4 atom stereocenters. The van der Waals surface area contributed by atoms with Crippen molar-refractivity contribution < 1.29 is 23.9 Å². The SMILES string of the molecule is C[C@]1(c2ccccc2)OC[C@@H]2C[C@H](N(Cc3ccccc3)OCc3ccccc3)[C@@H](C(=O)OCc3ccccc3)C(=O)N21. The monoisotopic (exact) mass is 576 g/mol. The number of fused-ring (bicyclic) bond motifs is 1. The number of carbonyl (C=O) groups is 2. The van der Waals surface area contributed by atoms with Gasteiger partial charge in [0.05, 0.1) is 25.3 Å². The van der Waals surface area contributed by atoms with Gasteiger partial charge in [-0.2, -0.15) is 5.06 Å². The van der Waals surface area contributed by atoms with Crippen molar-refractivity contribution in [3.05, 3.63) is 144 Å². The van der Waals surface area contributed by atoms with Crippen molar-refractivity contribution in [3.63, 3.8) is 0 Å². The molecule has 0 aliphatic carbocycles. The van der Waals surface area contributed by atoms with Gasteiger partial charge < -0.3 is 14.4 Å². The first-order valence-corrected chi connectivity index (χ1v) is 14.7. The summed E-state index contributed by atoms with van der Waals surface area (Å²) in [6.45, 7) is 3.04. The molecule has 7 heteroatoms. The number of hydrogen-bond acceptors (Lipinski definition) is 6. The van der Waals surface area contributed by atoms with E-state index < -0.39 is 23.7 Å². The molecule has 4 aromatic carbocycles. The number of hydroxylamine groups is 2. The number of esters is 1. The molecule has 6 rings (SSSR count). The van der Waals surface area contributed by atoms with Gasteiger partial charge in [-0.3, -0.25) is 14.4 Å². The van der Waals surface area contributed by atoms with Gasteiger partial charge >= 0.3 is 5.97 Å². The third-order valence-corrected chi connectivity index (χ3v) is 8.36. The Balaban J connectivity index is 1.34. The minimum Gasteiger partial charge on any atom is -0.460 e. The van der Waals surface area contributed by atoms with E-state index in [9.17, 15) is 9.59 Å². The predicted molar refractivity (Wildman–Crippen MR) is 162 cm³/mol. The second-order valence-electron chi connectivity index (χ2n) is 11.2. The van der Waals surface area contributed by atoms with Crippen LogP contribution in [0.4, 0.5) is 0 Å². The highest BCUT2D eigenvalue weighted by molar-refractivity contribution is 6.00. The van der Waals surface area contributed by atoms with E-state index in [-0.39, 0.29) is 18.6 Å². The summed E-state index contributed by atoms with van der Waals surface area (Å²) in [5, 5.41) is 1.81. The molecule has 2 saturated heterocycles. The number of ether oxygens (including phenoxy) is 2. The molecule has 2 aliphatic rings. The van der Waals surface area contributed by atoms with Gasteiger partial charge in [0.1, 0.15) is 6.61 Å². The van der Waals surface area contributed by atoms with Crippen molar-refractivity contribution in [1.29, 1.82) is 0 Å². The van der Waals surface area contributed by atoms with E-state index in [2.05, 4.69) is 0 Å². The van der Waals surface area contributed by atoms with Gasteiger partial charge in [0, 0.05) is 12.1 Å². The van der Waals surface area contributed by atoms with E-state index in [0.29, 0.717) is 26.2 Å². The lowest BCUT2D eigenvalue weighted by molar-refractivity contribution is -0.230. The topological polar surface area (TPSA) is 68.3 Å². The van der Waals surface area contributed by atoms with Crippen LogP contribution < -0.4 is 0 Å². The predicted octanol–water partition coefficient (Wildman–Crippen LogP) is 5.85. The van der Waals surface area contributed by atoms with Crippen molar-refractivity contribution in [2.75, 3.05) is 6.61 Å². The van der Waals surface area contributed by atoms with Crippen LogP contribution in [0, 0.1) is 5.92 Å². The van der Waals surface area contributed by atoms with E-state index in [1.54, 1.807) is 4.90 Å². The average Bonchev–Trinajstić information content (AvgIpc) is 3.41. The van der Waals surface area contributed by atoms with Crippen LogP contribution >= 0.6 is 0 Å². The fraction of sp³-hybridized carbons (Fsp3) is 0.278. The summed E-state index contributed by atoms with van der Waals surface area (Å²) in [7, 11) is 0. The third-order valence-electron chi connectivity index (χ3n) is 8.36. The molecule has 2 fully saturated rings. The number of piperidine rings is 1. The molecule has 43 heavy (non-hydrogen) atoms. The van der Waals surface area contributed by atoms with Crippen LogP contribution in [0.5, 0.6) is 0 Å². The quantitative estimate of drug-likeness (QED) is 0.134. The number of hydrogen-bond donors (Lipinski definition) is 0. The number of carbonyl (C=O) groups excluding carboxylic acids is 2. The minimum atomic E-state index is -1.11. The highest BCUT2D eigenvalue weighted by Crippen LogP contribution is 2.44. The van der Waals surface area contributed by atoms with Crippen LogP contribution in [0.25, 0.3) is 0 Å². The minimum absolute atomic E-state index is 0.0790. The first-order valence-electron chi connectivity index (χ1n) is 14.7. The molecule has 0 bridgehead atoms. The second-order valence-corrected chi connectivity index (χ2v) is 11.2. The van der Waals surface area contributed by atoms with E-state index in [1.165, 1.54) is 0 Å². The molecule has 0 spiro atoms. The van der Waals surface area contributed by atoms with Gasteiger partial charge in [0.25, 0.3) is 0 Å². The molecule has 1 amide bonds. The summed E-state index contributed by atoms with van der Waals surface area (Å²) in [4.78, 5) is 36.7. The fourth-order valence-electron chi connectivity index (χ4n) is 6.13. The molecule has 0 radical (unpaired) electrons. The van der Waals surface area contributed by atoms with Crippen LogP contribution in [0.3, 0.4) is 0 Å². The van der Waals surface area contributed by atoms with Crippen molar-refractivity contribution in [3.8, 4) is 0 Å². The molecule has 0 saturated carbocycles. The van der Waals surface area contributed by atoms with Crippen molar-refractivity contribution in [1.82, 2.24) is 9.96 Å². The standard InChI is InChI=1S/C36H36N2O5/c1-36(30-20-12-5-13-21-30)38-31(26-42-36)22-32(33(34(38)39)35(40)41-24-28-16-8-3-9-17-28)37(23-27-14-6-2-7-15-27)43-25-29-18-10-4-11-19-29/h2-21,31-33H,22-26H2,1H3/t31-,32-,33+,36+/m0/s1. The summed E-state index contributed by atoms with van der Waals surface area (Å²) in [6.07, 6.45) is 0.487. The fourth-order valence-corrected chi connectivity index (χ4v) is 6.13. The van der Waals surface area contributed by atoms with Crippen LogP contribution in [0.2, 0.25) is 0 Å². The van der Waals surface area contributed by atoms with Crippen LogP contribution in [-0.4, -0.2) is 40.5 Å². The van der Waals surface area contributed by atoms with Gasteiger partial charge in [-0.25, -0.2) is 0 Å². The molecule has 220 valence electrons. The number of benzene rings is 4. The van der Waals surface area contributed by atoms with Gasteiger partial charge in [-0.05, 0) is 30.0 Å².